The van der Waals surface area contributed by atoms with Gasteiger partial charge in [-0.3, -0.25) is 4.79 Å². The van der Waals surface area contributed by atoms with E-state index in [0.717, 1.165) is 6.07 Å². The molecule has 0 saturated carbocycles. The van der Waals surface area contributed by atoms with Crippen LogP contribution in [0.15, 0.2) is 35.1 Å². The van der Waals surface area contributed by atoms with E-state index in [2.05, 4.69) is 4.98 Å². The van der Waals surface area contributed by atoms with Crippen molar-refractivity contribution in [2.45, 2.75) is 13.8 Å². The number of pyridine rings is 1. The zero-order chi connectivity index (χ0) is 12.1. The number of carbonyl (C=O) groups is 1. The van der Waals surface area contributed by atoms with Crippen LogP contribution < -0.4 is 5.43 Å². The van der Waals surface area contributed by atoms with E-state index in [0.29, 0.717) is 10.9 Å². The molecular formula is C13H16NO3Y-. The Balaban J connectivity index is 0. The van der Waals surface area contributed by atoms with Crippen molar-refractivity contribution in [2.75, 3.05) is 0 Å². The molecule has 1 heterocycles. The smallest absolute Gasteiger partial charge is 0.352 e. The van der Waals surface area contributed by atoms with Crippen molar-refractivity contribution in [3.63, 3.8) is 0 Å². The Morgan fingerprint density at radius 2 is 1.78 bits per heavy atom. The van der Waals surface area contributed by atoms with Gasteiger partial charge in [0.05, 0.1) is 0 Å². The van der Waals surface area contributed by atoms with Crippen molar-refractivity contribution in [3.05, 3.63) is 53.7 Å². The predicted octanol–water partition coefficient (Wildman–Crippen LogP) is 2.70. The van der Waals surface area contributed by atoms with Crippen molar-refractivity contribution in [3.8, 4) is 0 Å². The van der Waals surface area contributed by atoms with E-state index in [1.807, 2.05) is 13.8 Å². The zero-order valence-electron chi connectivity index (χ0n) is 10.7. The fourth-order valence-electron chi connectivity index (χ4n) is 1.31. The number of rotatable bonds is 1. The zero-order valence-corrected chi connectivity index (χ0v) is 13.6. The average molecular weight is 323 g/mol. The minimum absolute atomic E-state index is 0. The Hall–Kier alpha value is -0.996. The standard InChI is InChI=1S/C10H7NO3.C2H6.CH3.Y/c12-9-5-8(10(13)14)11-7-4-2-1-3-6(7)9;1-2;;/h1-5H,(H,11,12)(H,13,14);1-2H3;1H3;/q;;-1;. The van der Waals surface area contributed by atoms with Crippen molar-refractivity contribution in [1.82, 2.24) is 4.98 Å². The molecule has 2 rings (SSSR count). The number of benzene rings is 1. The van der Waals surface area contributed by atoms with Gasteiger partial charge in [-0.1, -0.05) is 26.0 Å². The predicted molar refractivity (Wildman–Crippen MR) is 69.3 cm³/mol. The Kier molecular flexibility index (Phi) is 9.68. The monoisotopic (exact) mass is 323 g/mol. The van der Waals surface area contributed by atoms with Crippen LogP contribution in [-0.4, -0.2) is 16.1 Å². The van der Waals surface area contributed by atoms with Gasteiger partial charge in [-0.25, -0.2) is 4.79 Å². The molecule has 0 fully saturated rings. The fraction of sp³-hybridized carbons (Fsp3) is 0.154. The summed E-state index contributed by atoms with van der Waals surface area (Å²) in [5.74, 6) is -1.13. The van der Waals surface area contributed by atoms with Crippen LogP contribution in [0.4, 0.5) is 0 Å². The summed E-state index contributed by atoms with van der Waals surface area (Å²) in [5.41, 5.74) is 0.169. The van der Waals surface area contributed by atoms with Gasteiger partial charge in [0.15, 0.2) is 5.43 Å². The quantitative estimate of drug-likeness (QED) is 0.793. The Morgan fingerprint density at radius 1 is 1.22 bits per heavy atom. The largest absolute Gasteiger partial charge is 0.477 e. The molecule has 1 aromatic heterocycles. The second-order valence-electron chi connectivity index (χ2n) is 2.90. The summed E-state index contributed by atoms with van der Waals surface area (Å²) in [6, 6.07) is 7.88. The second-order valence-corrected chi connectivity index (χ2v) is 2.90. The molecule has 0 saturated heterocycles. The van der Waals surface area contributed by atoms with Crippen LogP contribution >= 0.6 is 0 Å². The molecule has 1 aromatic carbocycles. The van der Waals surface area contributed by atoms with E-state index in [9.17, 15) is 9.59 Å². The summed E-state index contributed by atoms with van der Waals surface area (Å²) < 4.78 is 0. The third-order valence-electron chi connectivity index (χ3n) is 1.97. The minimum Gasteiger partial charge on any atom is -0.477 e. The van der Waals surface area contributed by atoms with Crippen molar-refractivity contribution >= 4 is 16.9 Å². The Bertz CT molecular complexity index is 563. The number of hydrogen-bond donors (Lipinski definition) is 2. The molecule has 0 aliphatic heterocycles. The van der Waals surface area contributed by atoms with E-state index in [-0.39, 0.29) is 51.3 Å². The summed E-state index contributed by atoms with van der Waals surface area (Å²) in [7, 11) is 0. The molecule has 18 heavy (non-hydrogen) atoms. The number of aromatic nitrogens is 1. The number of para-hydroxylation sites is 1. The van der Waals surface area contributed by atoms with Gasteiger partial charge in [0.25, 0.3) is 0 Å². The van der Waals surface area contributed by atoms with Gasteiger partial charge in [-0.15, -0.1) is 0 Å². The molecule has 1 radical (unpaired) electrons. The molecule has 2 N–H and O–H groups in total. The topological polar surface area (TPSA) is 70.2 Å². The molecule has 0 unspecified atom stereocenters. The van der Waals surface area contributed by atoms with Gasteiger partial charge in [-0.05, 0) is 12.1 Å². The summed E-state index contributed by atoms with van der Waals surface area (Å²) >= 11 is 0. The van der Waals surface area contributed by atoms with Crippen molar-refractivity contribution in [1.29, 1.82) is 0 Å². The third-order valence-corrected chi connectivity index (χ3v) is 1.97. The number of carboxylic acid groups (broad SMARTS) is 1. The van der Waals surface area contributed by atoms with E-state index in [1.54, 1.807) is 24.3 Å². The summed E-state index contributed by atoms with van der Waals surface area (Å²) in [6.07, 6.45) is 0. The normalized spacial score (nSPS) is 8.33. The fourth-order valence-corrected chi connectivity index (χ4v) is 1.31. The van der Waals surface area contributed by atoms with Crippen LogP contribution in [0.2, 0.25) is 0 Å². The molecular weight excluding hydrogens is 307 g/mol. The molecule has 0 bridgehead atoms. The molecule has 0 aliphatic carbocycles. The van der Waals surface area contributed by atoms with Gasteiger partial charge < -0.3 is 17.5 Å². The Labute approximate surface area is 131 Å². The molecule has 0 amide bonds. The second kappa shape index (κ2) is 9.00. The van der Waals surface area contributed by atoms with Crippen LogP contribution in [-0.2, 0) is 32.7 Å². The third kappa shape index (κ3) is 4.35. The van der Waals surface area contributed by atoms with Gasteiger partial charge >= 0.3 is 5.97 Å². The number of fused-ring (bicyclic) bond motifs is 1. The number of carboxylic acids is 1. The van der Waals surface area contributed by atoms with E-state index in [1.165, 1.54) is 0 Å². The maximum absolute atomic E-state index is 11.4. The van der Waals surface area contributed by atoms with Crippen LogP contribution in [0.3, 0.4) is 0 Å². The van der Waals surface area contributed by atoms with E-state index in [4.69, 9.17) is 5.11 Å². The summed E-state index contributed by atoms with van der Waals surface area (Å²) in [6.45, 7) is 4.00. The van der Waals surface area contributed by atoms with Crippen LogP contribution in [0.1, 0.15) is 24.3 Å². The first-order chi connectivity index (χ1) is 7.68. The minimum atomic E-state index is -1.13. The molecule has 5 heteroatoms. The van der Waals surface area contributed by atoms with Crippen LogP contribution in [0, 0.1) is 7.43 Å². The van der Waals surface area contributed by atoms with Gasteiger partial charge in [0.1, 0.15) is 5.69 Å². The van der Waals surface area contributed by atoms with Crippen molar-refractivity contribution in [2.24, 2.45) is 0 Å². The van der Waals surface area contributed by atoms with E-state index >= 15 is 0 Å². The van der Waals surface area contributed by atoms with Crippen LogP contribution in [0.25, 0.3) is 10.9 Å². The number of hydrogen-bond acceptors (Lipinski definition) is 2. The van der Waals surface area contributed by atoms with Gasteiger partial charge in [0, 0.05) is 49.7 Å². The van der Waals surface area contributed by atoms with Gasteiger partial charge in [0.2, 0.25) is 0 Å². The van der Waals surface area contributed by atoms with Crippen molar-refractivity contribution < 1.29 is 42.6 Å². The van der Waals surface area contributed by atoms with Gasteiger partial charge in [-0.2, -0.15) is 0 Å². The molecule has 95 valence electrons. The van der Waals surface area contributed by atoms with Crippen LogP contribution in [0.5, 0.6) is 0 Å². The summed E-state index contributed by atoms with van der Waals surface area (Å²) in [5, 5.41) is 9.20. The first-order valence-corrected chi connectivity index (χ1v) is 5.04. The molecule has 4 nitrogen and oxygen atoms in total. The number of aromatic carboxylic acids is 1. The maximum atomic E-state index is 11.4. The number of aromatic amines is 1. The molecule has 2 aromatic rings. The maximum Gasteiger partial charge on any atom is 0.352 e. The molecule has 0 atom stereocenters. The molecule has 0 spiro atoms. The SMILES string of the molecule is CC.O=C(O)c1cc(=O)c2ccccc2[nH]1.[CH3-].[Y]. The van der Waals surface area contributed by atoms with E-state index < -0.39 is 5.97 Å². The number of nitrogens with one attached hydrogen (secondary N) is 1. The average Bonchev–Trinajstić information content (AvgIpc) is 2.31. The number of H-pyrrole nitrogens is 1. The first-order valence-electron chi connectivity index (χ1n) is 5.04. The Morgan fingerprint density at radius 3 is 2.33 bits per heavy atom. The summed E-state index contributed by atoms with van der Waals surface area (Å²) in [4.78, 5) is 24.7. The first kappa shape index (κ1) is 19.3. The molecule has 0 aliphatic rings.